The number of carboxylic acids is 1. The summed E-state index contributed by atoms with van der Waals surface area (Å²) in [5, 5.41) is 10.6. The number of likely N-dealkylation sites (N-methyl/N-ethyl adjacent to an activating group) is 1. The van der Waals surface area contributed by atoms with Gasteiger partial charge in [0, 0.05) is 57.5 Å². The average molecular weight is 532 g/mol. The second-order valence-electron chi connectivity index (χ2n) is 9.26. The number of benzene rings is 1. The van der Waals surface area contributed by atoms with Gasteiger partial charge in [0.2, 0.25) is 0 Å². The zero-order chi connectivity index (χ0) is 27.3. The summed E-state index contributed by atoms with van der Waals surface area (Å²) in [4.78, 5) is 23.3. The highest BCUT2D eigenvalue weighted by Crippen LogP contribution is 2.30. The quantitative estimate of drug-likeness (QED) is 0.554. The second-order valence-corrected chi connectivity index (χ2v) is 9.26. The van der Waals surface area contributed by atoms with Gasteiger partial charge < -0.3 is 25.0 Å². The van der Waals surface area contributed by atoms with Gasteiger partial charge in [-0.15, -0.1) is 0 Å². The van der Waals surface area contributed by atoms with Crippen molar-refractivity contribution in [2.45, 2.75) is 58.0 Å². The van der Waals surface area contributed by atoms with Crippen LogP contribution in [0, 0.1) is 11.6 Å². The second kappa shape index (κ2) is 11.9. The molecule has 1 fully saturated rings. The molecule has 0 unspecified atom stereocenters. The summed E-state index contributed by atoms with van der Waals surface area (Å²) in [6, 6.07) is 3.68. The van der Waals surface area contributed by atoms with Gasteiger partial charge in [0.1, 0.15) is 11.9 Å². The van der Waals surface area contributed by atoms with E-state index in [-0.39, 0.29) is 17.9 Å². The fourth-order valence-electron chi connectivity index (χ4n) is 3.98. The van der Waals surface area contributed by atoms with Gasteiger partial charge in [-0.05, 0) is 33.0 Å². The number of aromatic nitrogens is 2. The number of nitrogens with one attached hydrogen (secondary N) is 1. The minimum absolute atomic E-state index is 0.106. The summed E-state index contributed by atoms with van der Waals surface area (Å²) in [5.41, 5.74) is 2.12. The third kappa shape index (κ3) is 7.88. The maximum absolute atomic E-state index is 13.9. The molecular weight excluding hydrogens is 501 g/mol. The number of fused-ring (bicyclic) bond motifs is 1. The Morgan fingerprint density at radius 2 is 1.78 bits per heavy atom. The van der Waals surface area contributed by atoms with Crippen LogP contribution in [0.1, 0.15) is 38.1 Å². The number of ether oxygens (including phenoxy) is 1. The molecule has 204 valence electrons. The summed E-state index contributed by atoms with van der Waals surface area (Å²) >= 11 is 0. The van der Waals surface area contributed by atoms with Crippen molar-refractivity contribution in [2.75, 3.05) is 36.9 Å². The van der Waals surface area contributed by atoms with Crippen molar-refractivity contribution in [1.82, 2.24) is 14.9 Å². The zero-order valence-electron chi connectivity index (χ0n) is 20.8. The van der Waals surface area contributed by atoms with Gasteiger partial charge in [0.05, 0.1) is 11.4 Å². The van der Waals surface area contributed by atoms with Crippen molar-refractivity contribution in [2.24, 2.45) is 0 Å². The first-order valence-electron chi connectivity index (χ1n) is 11.8. The Morgan fingerprint density at radius 3 is 2.35 bits per heavy atom. The van der Waals surface area contributed by atoms with E-state index in [9.17, 15) is 22.0 Å². The lowest BCUT2D eigenvalue weighted by molar-refractivity contribution is -0.192. The minimum Gasteiger partial charge on any atom is -0.487 e. The average Bonchev–Trinajstić information content (AvgIpc) is 2.80. The van der Waals surface area contributed by atoms with Crippen LogP contribution < -0.4 is 15.0 Å². The monoisotopic (exact) mass is 531 g/mol. The molecule has 0 radical (unpaired) electrons. The third-order valence-electron chi connectivity index (χ3n) is 5.78. The lowest BCUT2D eigenvalue weighted by Gasteiger charge is -2.35. The number of halogens is 5. The summed E-state index contributed by atoms with van der Waals surface area (Å²) in [6.07, 6.45) is -2.82. The van der Waals surface area contributed by atoms with E-state index in [0.717, 1.165) is 74.5 Å². The molecule has 3 heterocycles. The van der Waals surface area contributed by atoms with Gasteiger partial charge in [0.15, 0.2) is 23.2 Å². The maximum Gasteiger partial charge on any atom is 0.490 e. The Labute approximate surface area is 211 Å². The molecule has 2 N–H and O–H groups in total. The molecule has 0 aliphatic carbocycles. The van der Waals surface area contributed by atoms with Gasteiger partial charge in [-0.3, -0.25) is 0 Å². The highest BCUT2D eigenvalue weighted by molar-refractivity contribution is 5.73. The topological polar surface area (TPSA) is 90.8 Å². The van der Waals surface area contributed by atoms with Crippen LogP contribution in [0.15, 0.2) is 18.2 Å². The standard InChI is InChI=1S/C22H29F2N5O.C2HF3O2/c1-14(2)25-21-22(27-18-8-9-28(3)13-19(18)26-21)29-10-6-16(7-11-29)30-20-5-4-15(23)12-17(20)24;3-2(4,5)1(6)7/h4-5,12,14,16H,6-11,13H2,1-3H3,(H,25,26);(H,6,7). The Bertz CT molecular complexity index is 1090. The normalized spacial score (nSPS) is 16.6. The Kier molecular flexibility index (Phi) is 9.11. The number of carbonyl (C=O) groups is 1. The fraction of sp³-hybridized carbons (Fsp3) is 0.542. The number of anilines is 2. The van der Waals surface area contributed by atoms with E-state index in [0.29, 0.717) is 0 Å². The summed E-state index contributed by atoms with van der Waals surface area (Å²) in [7, 11) is 2.10. The Hall–Kier alpha value is -3.22. The molecule has 0 saturated carbocycles. The molecule has 4 rings (SSSR count). The molecule has 0 amide bonds. The number of hydrogen-bond acceptors (Lipinski definition) is 7. The first kappa shape index (κ1) is 28.4. The largest absolute Gasteiger partial charge is 0.490 e. The molecule has 2 aliphatic rings. The summed E-state index contributed by atoms with van der Waals surface area (Å²) in [5.74, 6) is -2.20. The molecule has 8 nitrogen and oxygen atoms in total. The molecule has 1 aromatic heterocycles. The summed E-state index contributed by atoms with van der Waals surface area (Å²) in [6.45, 7) is 7.47. The number of hydrogen-bond donors (Lipinski definition) is 2. The molecule has 0 atom stereocenters. The van der Waals surface area contributed by atoms with E-state index in [1.807, 2.05) is 0 Å². The molecule has 13 heteroatoms. The van der Waals surface area contributed by atoms with E-state index in [4.69, 9.17) is 24.6 Å². The van der Waals surface area contributed by atoms with Crippen LogP contribution in [-0.4, -0.2) is 70.9 Å². The van der Waals surface area contributed by atoms with Crippen molar-refractivity contribution >= 4 is 17.6 Å². The predicted molar refractivity (Wildman–Crippen MR) is 127 cm³/mol. The van der Waals surface area contributed by atoms with E-state index in [1.54, 1.807) is 0 Å². The Balaban J connectivity index is 0.000000479. The Morgan fingerprint density at radius 1 is 1.14 bits per heavy atom. The first-order valence-corrected chi connectivity index (χ1v) is 11.8. The molecule has 37 heavy (non-hydrogen) atoms. The van der Waals surface area contributed by atoms with Crippen LogP contribution in [0.3, 0.4) is 0 Å². The van der Waals surface area contributed by atoms with E-state index < -0.39 is 23.8 Å². The fourth-order valence-corrected chi connectivity index (χ4v) is 3.98. The van der Waals surface area contributed by atoms with Crippen molar-refractivity contribution in [3.8, 4) is 5.75 Å². The minimum atomic E-state index is -5.08. The van der Waals surface area contributed by atoms with Crippen LogP contribution >= 0.6 is 0 Å². The third-order valence-corrected chi connectivity index (χ3v) is 5.78. The van der Waals surface area contributed by atoms with Gasteiger partial charge in [0.25, 0.3) is 0 Å². The van der Waals surface area contributed by atoms with E-state index in [2.05, 4.69) is 36.0 Å². The molecular formula is C24H30F5N5O3. The van der Waals surface area contributed by atoms with Crippen LogP contribution in [0.4, 0.5) is 33.6 Å². The highest BCUT2D eigenvalue weighted by Gasteiger charge is 2.38. The van der Waals surface area contributed by atoms with Crippen LogP contribution in [0.2, 0.25) is 0 Å². The molecule has 2 aliphatic heterocycles. The molecule has 2 aromatic rings. The van der Waals surface area contributed by atoms with Crippen molar-refractivity contribution in [3.05, 3.63) is 41.2 Å². The van der Waals surface area contributed by atoms with Crippen LogP contribution in [0.25, 0.3) is 0 Å². The number of rotatable bonds is 5. The maximum atomic E-state index is 13.9. The molecule has 1 saturated heterocycles. The molecule has 0 bridgehead atoms. The smallest absolute Gasteiger partial charge is 0.487 e. The van der Waals surface area contributed by atoms with Crippen LogP contribution in [0.5, 0.6) is 5.75 Å². The van der Waals surface area contributed by atoms with Crippen molar-refractivity contribution < 1.29 is 36.6 Å². The van der Waals surface area contributed by atoms with Gasteiger partial charge in [-0.1, -0.05) is 0 Å². The van der Waals surface area contributed by atoms with Crippen LogP contribution in [-0.2, 0) is 17.8 Å². The number of alkyl halides is 3. The summed E-state index contributed by atoms with van der Waals surface area (Å²) < 4.78 is 64.5. The molecule has 1 aromatic carbocycles. The van der Waals surface area contributed by atoms with Crippen molar-refractivity contribution in [1.29, 1.82) is 0 Å². The number of piperidine rings is 1. The van der Waals surface area contributed by atoms with E-state index >= 15 is 0 Å². The first-order chi connectivity index (χ1) is 17.3. The lowest BCUT2D eigenvalue weighted by Crippen LogP contribution is -2.40. The zero-order valence-corrected chi connectivity index (χ0v) is 20.8. The van der Waals surface area contributed by atoms with E-state index in [1.165, 1.54) is 12.1 Å². The number of nitrogens with zero attached hydrogens (tertiary/aromatic N) is 4. The van der Waals surface area contributed by atoms with Gasteiger partial charge in [-0.2, -0.15) is 13.2 Å². The number of carboxylic acid groups (broad SMARTS) is 1. The van der Waals surface area contributed by atoms with Gasteiger partial charge >= 0.3 is 12.1 Å². The number of aliphatic carboxylic acids is 1. The highest BCUT2D eigenvalue weighted by atomic mass is 19.4. The molecule has 0 spiro atoms. The lowest BCUT2D eigenvalue weighted by atomic mass is 10.1. The predicted octanol–water partition coefficient (Wildman–Crippen LogP) is 4.24. The van der Waals surface area contributed by atoms with Gasteiger partial charge in [-0.25, -0.2) is 23.5 Å². The van der Waals surface area contributed by atoms with Crippen molar-refractivity contribution in [3.63, 3.8) is 0 Å². The SMILES string of the molecule is CC(C)Nc1nc2c(nc1N1CCC(Oc3ccc(F)cc3F)CC1)CCN(C)C2.O=C(O)C(F)(F)F.